The van der Waals surface area contributed by atoms with Crippen LogP contribution in [0.4, 0.5) is 14.5 Å². The zero-order chi connectivity index (χ0) is 72.1. The lowest BCUT2D eigenvalue weighted by Crippen LogP contribution is -2.56. The average Bonchev–Trinajstić information content (AvgIpc) is 1.16. The first-order valence-corrected chi connectivity index (χ1v) is 31.8. The molecule has 0 radical (unpaired) electrons. The number of para-hydroxylation sites is 1. The van der Waals surface area contributed by atoms with E-state index in [1.807, 2.05) is 0 Å². The van der Waals surface area contributed by atoms with Gasteiger partial charge in [-0.15, -0.1) is 0 Å². The van der Waals surface area contributed by atoms with Crippen LogP contribution in [0.1, 0.15) is 80.1 Å². The summed E-state index contributed by atoms with van der Waals surface area (Å²) in [6, 6.07) is 9.08. The van der Waals surface area contributed by atoms with Crippen LogP contribution < -0.4 is 37.6 Å². The van der Waals surface area contributed by atoms with E-state index in [0.717, 1.165) is 0 Å². The van der Waals surface area contributed by atoms with Gasteiger partial charge in [-0.2, -0.15) is 5.26 Å². The van der Waals surface area contributed by atoms with Crippen LogP contribution >= 0.6 is 0 Å². The number of nitrogens with zero attached hydrogens (tertiary/aromatic N) is 9. The van der Waals surface area contributed by atoms with E-state index in [1.54, 1.807) is 60.3 Å². The molecule has 2 saturated heterocycles. The van der Waals surface area contributed by atoms with Crippen molar-refractivity contribution in [3.63, 3.8) is 0 Å². The van der Waals surface area contributed by atoms with E-state index < -0.39 is 153 Å². The van der Waals surface area contributed by atoms with Gasteiger partial charge in [0.05, 0.1) is 55.6 Å². The van der Waals surface area contributed by atoms with Crippen molar-refractivity contribution in [2.24, 2.45) is 10.7 Å². The number of aliphatic imine (C=N–C) groups is 1. The fraction of sp³-hybridized carbons (Fsp3) is 0.540. The van der Waals surface area contributed by atoms with E-state index in [-0.39, 0.29) is 151 Å². The summed E-state index contributed by atoms with van der Waals surface area (Å²) in [6.45, 7) is -2.17. The monoisotopic (exact) mass is 1380 g/mol. The summed E-state index contributed by atoms with van der Waals surface area (Å²) in [6.07, 6.45) is -0.747. The van der Waals surface area contributed by atoms with Gasteiger partial charge in [0.15, 0.2) is 5.96 Å². The molecule has 0 saturated carbocycles. The van der Waals surface area contributed by atoms with Crippen molar-refractivity contribution in [2.45, 2.75) is 107 Å². The molecular formula is C63H86F2N16O17. The maximum Gasteiger partial charge on any atom is 0.326 e. The summed E-state index contributed by atoms with van der Waals surface area (Å²) < 4.78 is 28.0. The molecule has 98 heavy (non-hydrogen) atoms. The number of benzene rings is 2. The number of rotatable bonds is 35. The van der Waals surface area contributed by atoms with Crippen LogP contribution in [-0.2, 0) is 59.2 Å². The molecule has 2 fully saturated rings. The predicted octanol–water partition coefficient (Wildman–Crippen LogP) is -1.12. The maximum atomic E-state index is 14.3. The number of aromatic nitrogens is 1. The van der Waals surface area contributed by atoms with E-state index in [4.69, 9.17) is 5.73 Å². The number of hydrogen-bond acceptors (Lipinski definition) is 19. The molecule has 7 amide bonds. The van der Waals surface area contributed by atoms with Crippen LogP contribution in [0.5, 0.6) is 0 Å². The van der Waals surface area contributed by atoms with Gasteiger partial charge in [0.25, 0.3) is 11.8 Å². The second-order valence-electron chi connectivity index (χ2n) is 23.8. The number of nitrogens with one attached hydrogen (secondary N) is 6. The Morgan fingerprint density at radius 3 is 1.84 bits per heavy atom. The van der Waals surface area contributed by atoms with Crippen molar-refractivity contribution in [2.75, 3.05) is 118 Å². The molecule has 33 nitrogen and oxygen atoms in total. The maximum absolute atomic E-state index is 14.3. The number of fused-ring (bicyclic) bond motifs is 1. The van der Waals surface area contributed by atoms with Crippen molar-refractivity contribution < 1.29 is 91.8 Å². The second-order valence-corrected chi connectivity index (χ2v) is 23.8. The third-order valence-electron chi connectivity index (χ3n) is 16.1. The van der Waals surface area contributed by atoms with Crippen LogP contribution in [0.2, 0.25) is 0 Å². The Bertz CT molecular complexity index is 3350. The van der Waals surface area contributed by atoms with Crippen LogP contribution in [-0.4, -0.2) is 285 Å². The van der Waals surface area contributed by atoms with Crippen molar-refractivity contribution in [1.29, 1.82) is 5.26 Å². The number of nitriles is 1. The quantitative estimate of drug-likeness (QED) is 0.0188. The SMILES string of the molecule is CN(C)C(N)=NCCC[C@H](NC(=O)CCC(=O)Nc1cccc2c(C(=O)NCC(=O)N3CC(F)(F)C[C@H]3C#N)ccnc12)C(=O)N[C@@H](Cc1ccccc1)C(=O)N[C@@H](CCCCNC(=O)CCC(C(=O)O)N1CCN(CC(=O)O)CCN(CC(=O)O)CCN(CC(=O)O)CC1)C(=O)O. The number of carboxylic acids is 5. The molecule has 2 aliphatic heterocycles. The van der Waals surface area contributed by atoms with Gasteiger partial charge in [-0.25, -0.2) is 13.6 Å². The Kier molecular flexibility index (Phi) is 31.5. The van der Waals surface area contributed by atoms with E-state index in [9.17, 15) is 97.1 Å². The molecule has 3 heterocycles. The molecule has 13 N–H and O–H groups in total. The summed E-state index contributed by atoms with van der Waals surface area (Å²) in [4.78, 5) is 172. The molecule has 0 bridgehead atoms. The standard InChI is InChI=1S/C63H86F2N16O17/c1-76(2)62(67)70-22-9-15-45(73-51(84)19-18-50(83)72-44-14-8-12-42-43(20-23-69-56(42)44)57(92)71-35-52(85)81-39-63(64,65)33-41(81)34-66)58(93)75-47(32-40-10-4-3-5-11-40)59(94)74-46(60(95)96)13-6-7-21-68-49(82)17-16-48(61(97)98)80-30-28-78(37-54(88)89)26-24-77(36-53(86)87)25-27-79(29-31-80)38-55(90)91/h3-5,8,10-12,14,20,23,41,45-48H,6-7,9,13,15-19,21-22,24-33,35-39H2,1-2H3,(H2,67,70)(H,68,82)(H,71,92)(H,72,83)(H,73,84)(H,74,94)(H,75,93)(H,86,87)(H,88,89)(H,90,91)(H,95,96)(H,97,98)/t41-,45-,46-,47-,48?/m0/s1. The summed E-state index contributed by atoms with van der Waals surface area (Å²) in [5.74, 6) is -14.6. The normalized spacial score (nSPS) is 17.0. The highest BCUT2D eigenvalue weighted by Gasteiger charge is 2.47. The van der Waals surface area contributed by atoms with E-state index in [0.29, 0.717) is 10.5 Å². The Hall–Kier alpha value is -10.0. The zero-order valence-corrected chi connectivity index (χ0v) is 54.5. The topological polar surface area (TPSA) is 473 Å². The van der Waals surface area contributed by atoms with Gasteiger partial charge in [-0.3, -0.25) is 82.3 Å². The zero-order valence-electron chi connectivity index (χ0n) is 54.5. The molecule has 35 heteroatoms. The molecule has 534 valence electrons. The summed E-state index contributed by atoms with van der Waals surface area (Å²) >= 11 is 0. The highest BCUT2D eigenvalue weighted by atomic mass is 19.3. The highest BCUT2D eigenvalue weighted by Crippen LogP contribution is 2.32. The fourth-order valence-corrected chi connectivity index (χ4v) is 10.9. The fourth-order valence-electron chi connectivity index (χ4n) is 10.9. The molecule has 5 rings (SSSR count). The lowest BCUT2D eigenvalue weighted by atomic mass is 10.0. The molecule has 2 aliphatic rings. The minimum absolute atomic E-state index is 0.00542. The number of carboxylic acid groups (broad SMARTS) is 5. The first-order chi connectivity index (χ1) is 46.5. The largest absolute Gasteiger partial charge is 0.480 e. The molecule has 0 aliphatic carbocycles. The Morgan fingerprint density at radius 1 is 0.673 bits per heavy atom. The van der Waals surface area contributed by atoms with Crippen LogP contribution in [0, 0.1) is 11.3 Å². The smallest absolute Gasteiger partial charge is 0.326 e. The number of nitrogens with two attached hydrogens (primary N) is 1. The van der Waals surface area contributed by atoms with Gasteiger partial charge in [-0.05, 0) is 56.2 Å². The molecule has 0 spiro atoms. The van der Waals surface area contributed by atoms with Gasteiger partial charge in [0.1, 0.15) is 30.2 Å². The van der Waals surface area contributed by atoms with Crippen LogP contribution in [0.25, 0.3) is 10.9 Å². The number of pyridine rings is 1. The van der Waals surface area contributed by atoms with E-state index >= 15 is 0 Å². The number of unbranched alkanes of at least 4 members (excludes halogenated alkanes) is 1. The Labute approximate surface area is 563 Å². The van der Waals surface area contributed by atoms with E-state index in [1.165, 1.54) is 45.2 Å². The predicted molar refractivity (Wildman–Crippen MR) is 347 cm³/mol. The molecule has 5 atom stereocenters. The van der Waals surface area contributed by atoms with Crippen molar-refractivity contribution >= 4 is 93.7 Å². The van der Waals surface area contributed by atoms with Gasteiger partial charge in [0.2, 0.25) is 35.4 Å². The minimum atomic E-state index is -3.26. The molecule has 2 aromatic carbocycles. The Morgan fingerprint density at radius 2 is 1.26 bits per heavy atom. The number of amides is 7. The highest BCUT2D eigenvalue weighted by molar-refractivity contribution is 6.11. The van der Waals surface area contributed by atoms with Crippen LogP contribution in [0.3, 0.4) is 0 Å². The number of carbonyl (C=O) groups is 12. The number of guanidine groups is 1. The number of anilines is 1. The number of carbonyl (C=O) groups excluding carboxylic acids is 7. The van der Waals surface area contributed by atoms with Crippen molar-refractivity contribution in [3.8, 4) is 6.07 Å². The Balaban J connectivity index is 1.19. The lowest BCUT2D eigenvalue weighted by Gasteiger charge is -2.35. The second kappa shape index (κ2) is 39.2. The summed E-state index contributed by atoms with van der Waals surface area (Å²) in [5.41, 5.74) is 6.82. The molecule has 3 aromatic rings. The number of alkyl halides is 2. The summed E-state index contributed by atoms with van der Waals surface area (Å²) in [5, 5.41) is 74.4. The first kappa shape index (κ1) is 78.6. The van der Waals surface area contributed by atoms with Gasteiger partial charge in [-0.1, -0.05) is 42.5 Å². The number of likely N-dealkylation sites (tertiary alicyclic amines) is 1. The number of hydrogen-bond donors (Lipinski definition) is 12. The van der Waals surface area contributed by atoms with Gasteiger partial charge >= 0.3 is 29.8 Å². The number of aliphatic carboxylic acids is 5. The third kappa shape index (κ3) is 26.9. The van der Waals surface area contributed by atoms with Gasteiger partial charge < -0.3 is 73.0 Å². The van der Waals surface area contributed by atoms with Gasteiger partial charge in [0, 0.05) is 123 Å². The molecular weight excluding hydrogens is 1290 g/mol. The average molecular weight is 1380 g/mol. The third-order valence-corrected chi connectivity index (χ3v) is 16.1. The molecule has 1 aromatic heterocycles. The minimum Gasteiger partial charge on any atom is -0.480 e. The van der Waals surface area contributed by atoms with Crippen molar-refractivity contribution in [3.05, 3.63) is 71.9 Å². The lowest BCUT2D eigenvalue weighted by molar-refractivity contribution is -0.145. The molecule has 1 unspecified atom stereocenters. The first-order valence-electron chi connectivity index (χ1n) is 31.8. The number of halogens is 2. The summed E-state index contributed by atoms with van der Waals surface area (Å²) in [7, 11) is 3.33. The van der Waals surface area contributed by atoms with Crippen molar-refractivity contribution in [1.82, 2.24) is 61.0 Å². The van der Waals surface area contributed by atoms with Crippen LogP contribution in [0.15, 0.2) is 65.8 Å². The van der Waals surface area contributed by atoms with E-state index in [2.05, 4.69) is 41.9 Å².